The molecule has 0 N–H and O–H groups in total. The standard InChI is InChI=1S/C40H26N2O/c1-3-13-27(14-4-1)41(28-15-5-2-6-16-28)35-25-23-30(29-17-7-8-18-31(29)35)32-24-26-38-40-39(32)33-19-9-10-20-34(33)42(40)36-21-11-12-22-37(36)43-38/h1-26H. The minimum absolute atomic E-state index is 0.877. The normalized spacial score (nSPS) is 11.9. The van der Waals surface area contributed by atoms with Gasteiger partial charge < -0.3 is 14.2 Å². The van der Waals surface area contributed by atoms with Crippen molar-refractivity contribution in [3.05, 3.63) is 158 Å². The molecule has 1 aliphatic rings. The SMILES string of the molecule is c1ccc(N(c2ccccc2)c2ccc(-c3ccc4c5c3c3ccccc3n5-c3ccccc3O4)c3ccccc23)cc1. The van der Waals surface area contributed by atoms with Crippen molar-refractivity contribution in [3.63, 3.8) is 0 Å². The third-order valence-corrected chi connectivity index (χ3v) is 8.57. The second-order valence-electron chi connectivity index (χ2n) is 10.9. The van der Waals surface area contributed by atoms with Crippen molar-refractivity contribution < 1.29 is 4.74 Å². The zero-order chi connectivity index (χ0) is 28.3. The van der Waals surface area contributed by atoms with Crippen LogP contribution in [0.5, 0.6) is 11.5 Å². The predicted octanol–water partition coefficient (Wildman–Crippen LogP) is 11.2. The molecule has 0 saturated carbocycles. The van der Waals surface area contributed by atoms with Crippen LogP contribution in [0.2, 0.25) is 0 Å². The molecule has 3 nitrogen and oxygen atoms in total. The smallest absolute Gasteiger partial charge is 0.152 e. The van der Waals surface area contributed by atoms with Crippen molar-refractivity contribution in [2.45, 2.75) is 0 Å². The number of hydrogen-bond donors (Lipinski definition) is 0. The van der Waals surface area contributed by atoms with Crippen LogP contribution in [0.1, 0.15) is 0 Å². The highest BCUT2D eigenvalue weighted by Gasteiger charge is 2.26. The van der Waals surface area contributed by atoms with Gasteiger partial charge in [-0.2, -0.15) is 0 Å². The van der Waals surface area contributed by atoms with Crippen LogP contribution in [-0.4, -0.2) is 4.57 Å². The molecular weight excluding hydrogens is 524 g/mol. The van der Waals surface area contributed by atoms with E-state index in [0.717, 1.165) is 39.8 Å². The first-order chi connectivity index (χ1) is 21.4. The van der Waals surface area contributed by atoms with Crippen molar-refractivity contribution in [1.29, 1.82) is 0 Å². The van der Waals surface area contributed by atoms with Gasteiger partial charge in [-0.05, 0) is 77.2 Å². The maximum Gasteiger partial charge on any atom is 0.152 e. The number of aromatic nitrogens is 1. The molecule has 9 rings (SSSR count). The second-order valence-corrected chi connectivity index (χ2v) is 10.9. The number of nitrogens with zero attached hydrogens (tertiary/aromatic N) is 2. The monoisotopic (exact) mass is 550 g/mol. The third-order valence-electron chi connectivity index (χ3n) is 8.57. The Labute approximate surface area is 249 Å². The van der Waals surface area contributed by atoms with E-state index in [4.69, 9.17) is 4.74 Å². The number of anilines is 3. The summed E-state index contributed by atoms with van der Waals surface area (Å²) in [7, 11) is 0. The molecule has 7 aromatic carbocycles. The second kappa shape index (κ2) is 9.37. The van der Waals surface area contributed by atoms with Crippen LogP contribution in [0.4, 0.5) is 17.1 Å². The molecule has 8 aromatic rings. The molecule has 43 heavy (non-hydrogen) atoms. The molecule has 0 saturated heterocycles. The summed E-state index contributed by atoms with van der Waals surface area (Å²) in [6.45, 7) is 0. The highest BCUT2D eigenvalue weighted by atomic mass is 16.5. The van der Waals surface area contributed by atoms with Gasteiger partial charge in [0.25, 0.3) is 0 Å². The van der Waals surface area contributed by atoms with Gasteiger partial charge in [0.05, 0.1) is 22.4 Å². The van der Waals surface area contributed by atoms with Crippen LogP contribution in [0.25, 0.3) is 49.4 Å². The molecule has 0 fully saturated rings. The van der Waals surface area contributed by atoms with Gasteiger partial charge >= 0.3 is 0 Å². The molecule has 1 aromatic heterocycles. The molecular formula is C40H26N2O. The lowest BCUT2D eigenvalue weighted by molar-refractivity contribution is 0.476. The lowest BCUT2D eigenvalue weighted by Gasteiger charge is -2.27. The van der Waals surface area contributed by atoms with Gasteiger partial charge in [0.2, 0.25) is 0 Å². The molecule has 0 atom stereocenters. The number of benzene rings is 7. The van der Waals surface area contributed by atoms with Gasteiger partial charge in [-0.3, -0.25) is 0 Å². The van der Waals surface area contributed by atoms with Crippen molar-refractivity contribution in [1.82, 2.24) is 4.57 Å². The molecule has 2 heterocycles. The molecule has 3 heteroatoms. The molecule has 0 unspecified atom stereocenters. The number of fused-ring (bicyclic) bond motifs is 6. The Morgan fingerprint density at radius 1 is 0.442 bits per heavy atom. The van der Waals surface area contributed by atoms with Gasteiger partial charge in [-0.15, -0.1) is 0 Å². The van der Waals surface area contributed by atoms with Crippen LogP contribution in [0.3, 0.4) is 0 Å². The Hall–Kier alpha value is -5.80. The molecule has 0 spiro atoms. The minimum atomic E-state index is 0.877. The Kier molecular flexibility index (Phi) is 5.20. The van der Waals surface area contributed by atoms with Gasteiger partial charge in [-0.1, -0.05) is 97.1 Å². The minimum Gasteiger partial charge on any atom is -0.453 e. The van der Waals surface area contributed by atoms with E-state index in [2.05, 4.69) is 155 Å². The van der Waals surface area contributed by atoms with E-state index in [1.807, 2.05) is 12.1 Å². The van der Waals surface area contributed by atoms with E-state index in [-0.39, 0.29) is 0 Å². The van der Waals surface area contributed by atoms with Crippen LogP contribution < -0.4 is 9.64 Å². The highest BCUT2D eigenvalue weighted by molar-refractivity contribution is 6.20. The van der Waals surface area contributed by atoms with Crippen LogP contribution in [-0.2, 0) is 0 Å². The zero-order valence-corrected chi connectivity index (χ0v) is 23.3. The summed E-state index contributed by atoms with van der Waals surface area (Å²) in [4.78, 5) is 2.35. The predicted molar refractivity (Wildman–Crippen MR) is 178 cm³/mol. The first-order valence-corrected chi connectivity index (χ1v) is 14.6. The molecule has 0 amide bonds. The summed E-state index contributed by atoms with van der Waals surface area (Å²) in [6.07, 6.45) is 0. The van der Waals surface area contributed by atoms with Crippen LogP contribution in [0, 0.1) is 0 Å². The summed E-state index contributed by atoms with van der Waals surface area (Å²) >= 11 is 0. The Morgan fingerprint density at radius 3 is 1.81 bits per heavy atom. The lowest BCUT2D eigenvalue weighted by Crippen LogP contribution is -2.10. The molecule has 1 aliphatic heterocycles. The van der Waals surface area contributed by atoms with Gasteiger partial charge in [0, 0.05) is 27.5 Å². The molecule has 0 radical (unpaired) electrons. The van der Waals surface area contributed by atoms with E-state index in [9.17, 15) is 0 Å². The van der Waals surface area contributed by atoms with E-state index in [1.165, 1.54) is 38.2 Å². The Bertz CT molecular complexity index is 2280. The molecule has 0 bridgehead atoms. The first-order valence-electron chi connectivity index (χ1n) is 14.6. The fourth-order valence-corrected chi connectivity index (χ4v) is 6.77. The van der Waals surface area contributed by atoms with Crippen LogP contribution >= 0.6 is 0 Å². The molecule has 0 aliphatic carbocycles. The van der Waals surface area contributed by atoms with E-state index < -0.39 is 0 Å². The van der Waals surface area contributed by atoms with Gasteiger partial charge in [-0.25, -0.2) is 0 Å². The van der Waals surface area contributed by atoms with Crippen LogP contribution in [0.15, 0.2) is 158 Å². The van der Waals surface area contributed by atoms with Gasteiger partial charge in [0.15, 0.2) is 11.5 Å². The summed E-state index contributed by atoms with van der Waals surface area (Å²) in [5.41, 5.74) is 9.16. The van der Waals surface area contributed by atoms with Crippen molar-refractivity contribution in [2.24, 2.45) is 0 Å². The first kappa shape index (κ1) is 23.9. The molecule has 202 valence electrons. The van der Waals surface area contributed by atoms with E-state index in [1.54, 1.807) is 0 Å². The number of rotatable bonds is 4. The quantitative estimate of drug-likeness (QED) is 0.217. The average molecular weight is 551 g/mol. The summed E-state index contributed by atoms with van der Waals surface area (Å²) in [5, 5.41) is 4.84. The topological polar surface area (TPSA) is 17.4 Å². The Balaban J connectivity index is 1.34. The maximum absolute atomic E-state index is 6.48. The number of hydrogen-bond acceptors (Lipinski definition) is 2. The summed E-state index contributed by atoms with van der Waals surface area (Å²) < 4.78 is 8.84. The lowest BCUT2D eigenvalue weighted by atomic mass is 9.93. The van der Waals surface area contributed by atoms with E-state index >= 15 is 0 Å². The Morgan fingerprint density at radius 2 is 1.05 bits per heavy atom. The average Bonchev–Trinajstić information content (AvgIpc) is 3.43. The zero-order valence-electron chi connectivity index (χ0n) is 23.3. The maximum atomic E-state index is 6.48. The van der Waals surface area contributed by atoms with Crippen molar-refractivity contribution in [2.75, 3.05) is 4.90 Å². The van der Waals surface area contributed by atoms with Crippen molar-refractivity contribution in [3.8, 4) is 28.3 Å². The largest absolute Gasteiger partial charge is 0.453 e. The highest BCUT2D eigenvalue weighted by Crippen LogP contribution is 2.50. The third kappa shape index (κ3) is 3.55. The fraction of sp³-hybridized carbons (Fsp3) is 0. The van der Waals surface area contributed by atoms with E-state index in [0.29, 0.717) is 0 Å². The van der Waals surface area contributed by atoms with Crippen molar-refractivity contribution >= 4 is 49.6 Å². The summed E-state index contributed by atoms with van der Waals surface area (Å²) in [6, 6.07) is 55.9. The number of para-hydroxylation sites is 5. The number of ether oxygens (including phenoxy) is 1. The summed E-state index contributed by atoms with van der Waals surface area (Å²) in [5.74, 6) is 1.76. The fourth-order valence-electron chi connectivity index (χ4n) is 6.77. The van der Waals surface area contributed by atoms with Gasteiger partial charge in [0.1, 0.15) is 0 Å².